The summed E-state index contributed by atoms with van der Waals surface area (Å²) < 4.78 is 0. The lowest BCUT2D eigenvalue weighted by Crippen LogP contribution is -2.47. The molecule has 0 unspecified atom stereocenters. The maximum absolute atomic E-state index is 3.98. The van der Waals surface area contributed by atoms with E-state index in [4.69, 9.17) is 0 Å². The van der Waals surface area contributed by atoms with Crippen molar-refractivity contribution in [2.24, 2.45) is 0 Å². The highest BCUT2D eigenvalue weighted by atomic mass is 15.0. The van der Waals surface area contributed by atoms with Gasteiger partial charge in [-0.1, -0.05) is 66.7 Å². The predicted molar refractivity (Wildman–Crippen MR) is 89.1 cm³/mol. The standard InChI is InChI=1S/C20H23N/c1-2-15-20(18-12-7-4-8-13-18)16-9-14-19(21-20)17-10-5-3-6-11-17/h2-8,10-13,19,21H,1,9,14-16H2/t19-,20+/m1/s1. The van der Waals surface area contributed by atoms with E-state index in [0.29, 0.717) is 6.04 Å². The lowest BCUT2D eigenvalue weighted by atomic mass is 9.77. The highest BCUT2D eigenvalue weighted by Crippen LogP contribution is 2.39. The van der Waals surface area contributed by atoms with Gasteiger partial charge in [0.25, 0.3) is 0 Å². The minimum Gasteiger partial charge on any atom is -0.300 e. The van der Waals surface area contributed by atoms with E-state index in [9.17, 15) is 0 Å². The summed E-state index contributed by atoms with van der Waals surface area (Å²) in [5.41, 5.74) is 2.80. The van der Waals surface area contributed by atoms with Crippen molar-refractivity contribution >= 4 is 0 Å². The number of piperidine rings is 1. The Kier molecular flexibility index (Phi) is 4.21. The molecule has 21 heavy (non-hydrogen) atoms. The first-order chi connectivity index (χ1) is 10.3. The van der Waals surface area contributed by atoms with E-state index >= 15 is 0 Å². The molecule has 1 aliphatic heterocycles. The Morgan fingerprint density at radius 3 is 2.38 bits per heavy atom. The molecule has 2 atom stereocenters. The summed E-state index contributed by atoms with van der Waals surface area (Å²) >= 11 is 0. The van der Waals surface area contributed by atoms with Gasteiger partial charge in [0.2, 0.25) is 0 Å². The molecule has 0 saturated carbocycles. The summed E-state index contributed by atoms with van der Waals surface area (Å²) in [6.07, 6.45) is 6.64. The van der Waals surface area contributed by atoms with Crippen LogP contribution in [0.2, 0.25) is 0 Å². The predicted octanol–water partition coefficient (Wildman–Crippen LogP) is 4.97. The second-order valence-electron chi connectivity index (χ2n) is 5.94. The first-order valence-electron chi connectivity index (χ1n) is 7.83. The highest BCUT2D eigenvalue weighted by molar-refractivity contribution is 5.29. The van der Waals surface area contributed by atoms with Gasteiger partial charge in [-0.05, 0) is 36.8 Å². The van der Waals surface area contributed by atoms with Gasteiger partial charge in [-0.3, -0.25) is 0 Å². The maximum atomic E-state index is 3.98. The topological polar surface area (TPSA) is 12.0 Å². The summed E-state index contributed by atoms with van der Waals surface area (Å²) in [5, 5.41) is 3.93. The van der Waals surface area contributed by atoms with Crippen molar-refractivity contribution in [1.29, 1.82) is 0 Å². The van der Waals surface area contributed by atoms with Crippen LogP contribution in [0, 0.1) is 0 Å². The second kappa shape index (κ2) is 6.28. The van der Waals surface area contributed by atoms with Crippen LogP contribution in [-0.4, -0.2) is 0 Å². The average Bonchev–Trinajstić information content (AvgIpc) is 2.57. The van der Waals surface area contributed by atoms with Crippen molar-refractivity contribution in [3.05, 3.63) is 84.4 Å². The Balaban J connectivity index is 1.92. The Labute approximate surface area is 127 Å². The van der Waals surface area contributed by atoms with Gasteiger partial charge in [-0.15, -0.1) is 6.58 Å². The third-order valence-corrected chi connectivity index (χ3v) is 4.57. The fourth-order valence-electron chi connectivity index (χ4n) is 3.53. The van der Waals surface area contributed by atoms with Crippen LogP contribution in [-0.2, 0) is 5.54 Å². The fraction of sp³-hybridized carbons (Fsp3) is 0.300. The minimum atomic E-state index is 0.0295. The first-order valence-corrected chi connectivity index (χ1v) is 7.83. The van der Waals surface area contributed by atoms with Crippen LogP contribution >= 0.6 is 0 Å². The largest absolute Gasteiger partial charge is 0.300 e. The third-order valence-electron chi connectivity index (χ3n) is 4.57. The number of benzene rings is 2. The minimum absolute atomic E-state index is 0.0295. The fourth-order valence-corrected chi connectivity index (χ4v) is 3.53. The Morgan fingerprint density at radius 1 is 1.05 bits per heavy atom. The first kappa shape index (κ1) is 14.1. The van der Waals surface area contributed by atoms with Crippen molar-refractivity contribution in [3.63, 3.8) is 0 Å². The molecule has 2 aromatic carbocycles. The smallest absolute Gasteiger partial charge is 0.0474 e. The number of rotatable bonds is 4. The molecule has 1 nitrogen and oxygen atoms in total. The highest BCUT2D eigenvalue weighted by Gasteiger charge is 2.36. The van der Waals surface area contributed by atoms with E-state index < -0.39 is 0 Å². The summed E-state index contributed by atoms with van der Waals surface area (Å²) in [6, 6.07) is 22.1. The molecule has 3 rings (SSSR count). The molecule has 0 aromatic heterocycles. The van der Waals surface area contributed by atoms with Crippen molar-refractivity contribution in [2.75, 3.05) is 0 Å². The van der Waals surface area contributed by atoms with Crippen LogP contribution in [0.1, 0.15) is 42.9 Å². The van der Waals surface area contributed by atoms with Gasteiger partial charge in [0.1, 0.15) is 0 Å². The van der Waals surface area contributed by atoms with Gasteiger partial charge >= 0.3 is 0 Å². The zero-order chi connectivity index (χ0) is 14.5. The quantitative estimate of drug-likeness (QED) is 0.778. The van der Waals surface area contributed by atoms with Crippen LogP contribution in [0.25, 0.3) is 0 Å². The summed E-state index contributed by atoms with van der Waals surface area (Å²) in [4.78, 5) is 0. The molecule has 0 radical (unpaired) electrons. The van der Waals surface area contributed by atoms with Crippen molar-refractivity contribution in [3.8, 4) is 0 Å². The molecule has 0 bridgehead atoms. The van der Waals surface area contributed by atoms with Crippen LogP contribution in [0.15, 0.2) is 73.3 Å². The van der Waals surface area contributed by atoms with Gasteiger partial charge in [-0.25, -0.2) is 0 Å². The van der Waals surface area contributed by atoms with Gasteiger partial charge in [0.15, 0.2) is 0 Å². The zero-order valence-corrected chi connectivity index (χ0v) is 12.5. The molecule has 1 heteroatoms. The van der Waals surface area contributed by atoms with E-state index in [0.717, 1.165) is 6.42 Å². The van der Waals surface area contributed by atoms with Crippen LogP contribution in [0.3, 0.4) is 0 Å². The molecule has 1 fully saturated rings. The van der Waals surface area contributed by atoms with Crippen LogP contribution < -0.4 is 5.32 Å². The molecule has 2 aromatic rings. The summed E-state index contributed by atoms with van der Waals surface area (Å²) in [7, 11) is 0. The molecular weight excluding hydrogens is 254 g/mol. The second-order valence-corrected chi connectivity index (χ2v) is 5.94. The molecule has 1 heterocycles. The summed E-state index contributed by atoms with van der Waals surface area (Å²) in [6.45, 7) is 3.98. The third kappa shape index (κ3) is 2.93. The molecule has 1 saturated heterocycles. The van der Waals surface area contributed by atoms with E-state index in [1.807, 2.05) is 6.08 Å². The maximum Gasteiger partial charge on any atom is 0.0474 e. The molecular formula is C20H23N. The van der Waals surface area contributed by atoms with Crippen LogP contribution in [0.4, 0.5) is 0 Å². The van der Waals surface area contributed by atoms with E-state index in [1.165, 1.54) is 30.4 Å². The summed E-state index contributed by atoms with van der Waals surface area (Å²) in [5.74, 6) is 0. The van der Waals surface area contributed by atoms with Crippen molar-refractivity contribution in [2.45, 2.75) is 37.3 Å². The number of hydrogen-bond donors (Lipinski definition) is 1. The van der Waals surface area contributed by atoms with E-state index in [1.54, 1.807) is 0 Å². The Morgan fingerprint density at radius 2 is 1.71 bits per heavy atom. The average molecular weight is 277 g/mol. The normalized spacial score (nSPS) is 25.4. The van der Waals surface area contributed by atoms with Gasteiger partial charge < -0.3 is 5.32 Å². The zero-order valence-electron chi connectivity index (χ0n) is 12.5. The van der Waals surface area contributed by atoms with Gasteiger partial charge in [-0.2, -0.15) is 0 Å². The molecule has 0 aliphatic carbocycles. The van der Waals surface area contributed by atoms with Crippen LogP contribution in [0.5, 0.6) is 0 Å². The van der Waals surface area contributed by atoms with E-state index in [-0.39, 0.29) is 5.54 Å². The lowest BCUT2D eigenvalue weighted by molar-refractivity contribution is 0.208. The molecule has 108 valence electrons. The van der Waals surface area contributed by atoms with Crippen molar-refractivity contribution < 1.29 is 0 Å². The lowest BCUT2D eigenvalue weighted by Gasteiger charge is -2.43. The SMILES string of the molecule is C=CC[C@@]1(c2ccccc2)CCC[C@H](c2ccccc2)N1. The van der Waals surface area contributed by atoms with Gasteiger partial charge in [0, 0.05) is 11.6 Å². The number of nitrogens with one attached hydrogen (secondary N) is 1. The molecule has 1 aliphatic rings. The van der Waals surface area contributed by atoms with E-state index in [2.05, 4.69) is 72.6 Å². The monoisotopic (exact) mass is 277 g/mol. The molecule has 0 amide bonds. The Bertz CT molecular complexity index is 575. The number of hydrogen-bond acceptors (Lipinski definition) is 1. The van der Waals surface area contributed by atoms with Crippen molar-refractivity contribution in [1.82, 2.24) is 5.32 Å². The van der Waals surface area contributed by atoms with Gasteiger partial charge in [0.05, 0.1) is 0 Å². The molecule has 1 N–H and O–H groups in total. The Hall–Kier alpha value is -1.86. The molecule has 0 spiro atoms.